The van der Waals surface area contributed by atoms with E-state index in [-0.39, 0.29) is 11.7 Å². The van der Waals surface area contributed by atoms with E-state index >= 15 is 0 Å². The van der Waals surface area contributed by atoms with Gasteiger partial charge in [0, 0.05) is 12.1 Å². The van der Waals surface area contributed by atoms with E-state index < -0.39 is 17.4 Å². The third-order valence-corrected chi connectivity index (χ3v) is 2.65. The predicted molar refractivity (Wildman–Crippen MR) is 56.4 cm³/mol. The number of hydrogen-bond acceptors (Lipinski definition) is 2. The molecule has 0 saturated carbocycles. The van der Waals surface area contributed by atoms with Crippen LogP contribution in [0.3, 0.4) is 0 Å². The van der Waals surface area contributed by atoms with Gasteiger partial charge in [0.1, 0.15) is 0 Å². The van der Waals surface area contributed by atoms with Gasteiger partial charge in [0.25, 0.3) is 0 Å². The second-order valence-corrected chi connectivity index (χ2v) is 4.74. The minimum absolute atomic E-state index is 0.136. The number of nitrogens with zero attached hydrogens (tertiary/aromatic N) is 2. The molecule has 0 radical (unpaired) electrons. The van der Waals surface area contributed by atoms with Gasteiger partial charge >= 0.3 is 6.18 Å². The molecule has 17 heavy (non-hydrogen) atoms. The van der Waals surface area contributed by atoms with Gasteiger partial charge in [-0.25, -0.2) is 4.98 Å². The summed E-state index contributed by atoms with van der Waals surface area (Å²) in [6, 6.07) is 0. The lowest BCUT2D eigenvalue weighted by Crippen LogP contribution is -2.38. The van der Waals surface area contributed by atoms with Crippen LogP contribution in [0.5, 0.6) is 0 Å². The van der Waals surface area contributed by atoms with Gasteiger partial charge in [-0.15, -0.1) is 0 Å². The van der Waals surface area contributed by atoms with Crippen LogP contribution < -0.4 is 0 Å². The maximum Gasteiger partial charge on any atom is 0.434 e. The molecule has 96 valence electrons. The fraction of sp³-hybridized carbons (Fsp3) is 0.636. The molecule has 0 aliphatic heterocycles. The van der Waals surface area contributed by atoms with Crippen molar-refractivity contribution in [1.29, 1.82) is 0 Å². The molecule has 0 unspecified atom stereocenters. The molecule has 0 atom stereocenters. The molecule has 0 aliphatic rings. The number of ketones is 1. The molecule has 1 rings (SSSR count). The highest BCUT2D eigenvalue weighted by molar-refractivity contribution is 5.87. The number of carbonyl (C=O) groups is 1. The maximum absolute atomic E-state index is 12.4. The van der Waals surface area contributed by atoms with Crippen LogP contribution >= 0.6 is 0 Å². The highest BCUT2D eigenvalue weighted by atomic mass is 19.4. The van der Waals surface area contributed by atoms with Crippen LogP contribution in [-0.2, 0) is 16.5 Å². The number of rotatable bonds is 3. The van der Waals surface area contributed by atoms with Crippen LogP contribution in [0.4, 0.5) is 13.2 Å². The molecule has 0 fully saturated rings. The van der Waals surface area contributed by atoms with Gasteiger partial charge in [-0.1, -0.05) is 13.8 Å². The van der Waals surface area contributed by atoms with Crippen molar-refractivity contribution in [3.63, 3.8) is 0 Å². The Kier molecular flexibility index (Phi) is 3.36. The number of aromatic nitrogens is 2. The topological polar surface area (TPSA) is 34.9 Å². The van der Waals surface area contributed by atoms with Crippen LogP contribution in [-0.4, -0.2) is 15.3 Å². The number of hydrogen-bond donors (Lipinski definition) is 0. The molecular formula is C11H15F3N2O. The third kappa shape index (κ3) is 2.68. The van der Waals surface area contributed by atoms with Crippen molar-refractivity contribution in [2.45, 2.75) is 39.4 Å². The van der Waals surface area contributed by atoms with Crippen molar-refractivity contribution in [2.75, 3.05) is 0 Å². The zero-order valence-corrected chi connectivity index (χ0v) is 10.2. The van der Waals surface area contributed by atoms with Crippen molar-refractivity contribution in [2.24, 2.45) is 5.92 Å². The first-order chi connectivity index (χ1) is 7.56. The summed E-state index contributed by atoms with van der Waals surface area (Å²) in [6.45, 7) is 6.59. The van der Waals surface area contributed by atoms with E-state index in [9.17, 15) is 18.0 Å². The van der Waals surface area contributed by atoms with Crippen molar-refractivity contribution in [3.05, 3.63) is 18.2 Å². The van der Waals surface area contributed by atoms with Crippen LogP contribution in [0.25, 0.3) is 0 Å². The monoisotopic (exact) mass is 248 g/mol. The van der Waals surface area contributed by atoms with Crippen LogP contribution in [0.2, 0.25) is 0 Å². The smallest absolute Gasteiger partial charge is 0.324 e. The fourth-order valence-corrected chi connectivity index (χ4v) is 1.61. The molecule has 1 heterocycles. The summed E-state index contributed by atoms with van der Waals surface area (Å²) < 4.78 is 38.4. The van der Waals surface area contributed by atoms with Gasteiger partial charge in [-0.05, 0) is 13.8 Å². The second-order valence-electron chi connectivity index (χ2n) is 4.74. The van der Waals surface area contributed by atoms with Crippen LogP contribution in [0.15, 0.2) is 12.5 Å². The Bertz CT molecular complexity index is 419. The number of carbonyl (C=O) groups excluding carboxylic acids is 1. The van der Waals surface area contributed by atoms with E-state index in [0.29, 0.717) is 0 Å². The zero-order valence-electron chi connectivity index (χ0n) is 10.2. The minimum Gasteiger partial charge on any atom is -0.324 e. The highest BCUT2D eigenvalue weighted by Crippen LogP contribution is 2.29. The van der Waals surface area contributed by atoms with Crippen molar-refractivity contribution in [1.82, 2.24) is 9.55 Å². The summed E-state index contributed by atoms with van der Waals surface area (Å²) in [6.07, 6.45) is -2.58. The lowest BCUT2D eigenvalue weighted by atomic mass is 9.91. The predicted octanol–water partition coefficient (Wildman–Crippen LogP) is 2.86. The lowest BCUT2D eigenvalue weighted by molar-refractivity contribution is -0.141. The van der Waals surface area contributed by atoms with Gasteiger partial charge in [-0.3, -0.25) is 4.79 Å². The second kappa shape index (κ2) is 4.16. The first-order valence-electron chi connectivity index (χ1n) is 5.22. The van der Waals surface area contributed by atoms with E-state index in [1.54, 1.807) is 27.7 Å². The average molecular weight is 248 g/mol. The first kappa shape index (κ1) is 13.7. The summed E-state index contributed by atoms with van der Waals surface area (Å²) in [5.74, 6) is -0.384. The molecule has 0 saturated heterocycles. The van der Waals surface area contributed by atoms with E-state index in [1.807, 2.05) is 0 Å². The summed E-state index contributed by atoms with van der Waals surface area (Å²) >= 11 is 0. The standard InChI is InChI=1S/C11H15F3N2O/c1-7(2)9(17)10(3,4)16-5-8(15-6-16)11(12,13)14/h5-7H,1-4H3. The van der Waals surface area contributed by atoms with Gasteiger partial charge in [0.2, 0.25) is 0 Å². The fourth-order valence-electron chi connectivity index (χ4n) is 1.61. The SMILES string of the molecule is CC(C)C(=O)C(C)(C)n1cnc(C(F)(F)F)c1. The van der Waals surface area contributed by atoms with Gasteiger partial charge in [0.15, 0.2) is 11.5 Å². The minimum atomic E-state index is -4.48. The summed E-state index contributed by atoms with van der Waals surface area (Å²) in [5, 5.41) is 0. The zero-order chi connectivity index (χ0) is 13.4. The quantitative estimate of drug-likeness (QED) is 0.824. The van der Waals surface area contributed by atoms with Gasteiger partial charge < -0.3 is 4.57 Å². The van der Waals surface area contributed by atoms with E-state index in [2.05, 4.69) is 4.98 Å². The Morgan fingerprint density at radius 1 is 1.35 bits per heavy atom. The third-order valence-electron chi connectivity index (χ3n) is 2.65. The van der Waals surface area contributed by atoms with Crippen LogP contribution in [0, 0.1) is 5.92 Å². The lowest BCUT2D eigenvalue weighted by Gasteiger charge is -2.26. The molecule has 0 spiro atoms. The van der Waals surface area contributed by atoms with Crippen molar-refractivity contribution < 1.29 is 18.0 Å². The molecule has 1 aromatic heterocycles. The Labute approximate surface area is 97.6 Å². The van der Waals surface area contributed by atoms with Crippen molar-refractivity contribution in [3.8, 4) is 0 Å². The summed E-state index contributed by atoms with van der Waals surface area (Å²) in [7, 11) is 0. The molecule has 0 aromatic carbocycles. The first-order valence-corrected chi connectivity index (χ1v) is 5.22. The molecule has 0 N–H and O–H groups in total. The number of imidazole rings is 1. The Balaban J connectivity index is 3.09. The van der Waals surface area contributed by atoms with Crippen molar-refractivity contribution >= 4 is 5.78 Å². The number of alkyl halides is 3. The van der Waals surface area contributed by atoms with E-state index in [1.165, 1.54) is 4.57 Å². The maximum atomic E-state index is 12.4. The molecular weight excluding hydrogens is 233 g/mol. The molecule has 1 aromatic rings. The van der Waals surface area contributed by atoms with Gasteiger partial charge in [-0.2, -0.15) is 13.2 Å². The summed E-state index contributed by atoms with van der Waals surface area (Å²) in [4.78, 5) is 15.2. The highest BCUT2D eigenvalue weighted by Gasteiger charge is 2.37. The Morgan fingerprint density at radius 2 is 1.88 bits per heavy atom. The van der Waals surface area contributed by atoms with Crippen LogP contribution in [0.1, 0.15) is 33.4 Å². The average Bonchev–Trinajstić information content (AvgIpc) is 2.64. The van der Waals surface area contributed by atoms with Gasteiger partial charge in [0.05, 0.1) is 11.9 Å². The number of halogens is 3. The molecule has 0 aliphatic carbocycles. The normalized spacial score (nSPS) is 13.2. The molecule has 6 heteroatoms. The number of Topliss-reactive ketones (excluding diaryl/α,β-unsaturated/α-hetero) is 1. The summed E-state index contributed by atoms with van der Waals surface area (Å²) in [5.41, 5.74) is -2.01. The Hall–Kier alpha value is -1.33. The van der Waals surface area contributed by atoms with E-state index in [0.717, 1.165) is 12.5 Å². The molecule has 0 amide bonds. The van der Waals surface area contributed by atoms with E-state index in [4.69, 9.17) is 0 Å². The molecule has 3 nitrogen and oxygen atoms in total. The Morgan fingerprint density at radius 3 is 2.24 bits per heavy atom. The largest absolute Gasteiger partial charge is 0.434 e. The molecule has 0 bridgehead atoms.